The van der Waals surface area contributed by atoms with Crippen LogP contribution in [0.25, 0.3) is 22.2 Å². The highest BCUT2D eigenvalue weighted by Crippen LogP contribution is 2.23. The first-order valence-corrected chi connectivity index (χ1v) is 6.17. The third-order valence-corrected chi connectivity index (χ3v) is 3.23. The van der Waals surface area contributed by atoms with Gasteiger partial charge in [-0.2, -0.15) is 0 Å². The maximum Gasteiger partial charge on any atom is 0.0714 e. The molecule has 2 aromatic carbocycles. The van der Waals surface area contributed by atoms with Crippen molar-refractivity contribution in [3.05, 3.63) is 65.7 Å². The van der Waals surface area contributed by atoms with Gasteiger partial charge in [-0.05, 0) is 37.1 Å². The maximum atomic E-state index is 4.77. The second-order valence-electron chi connectivity index (χ2n) is 4.71. The van der Waals surface area contributed by atoms with E-state index in [0.717, 1.165) is 11.2 Å². The van der Waals surface area contributed by atoms with Crippen molar-refractivity contribution in [2.75, 3.05) is 0 Å². The van der Waals surface area contributed by atoms with Gasteiger partial charge in [-0.3, -0.25) is 0 Å². The molecule has 0 bridgehead atoms. The van der Waals surface area contributed by atoms with Gasteiger partial charge in [0.1, 0.15) is 0 Å². The molecule has 88 valence electrons. The van der Waals surface area contributed by atoms with E-state index in [4.69, 9.17) is 4.98 Å². The van der Waals surface area contributed by atoms with E-state index in [1.807, 2.05) is 18.2 Å². The molecule has 1 heterocycles. The van der Waals surface area contributed by atoms with Crippen molar-refractivity contribution < 1.29 is 0 Å². The van der Waals surface area contributed by atoms with Crippen LogP contribution in [-0.4, -0.2) is 4.98 Å². The number of pyridine rings is 1. The van der Waals surface area contributed by atoms with Crippen LogP contribution in [0.15, 0.2) is 54.6 Å². The van der Waals surface area contributed by atoms with Gasteiger partial charge < -0.3 is 0 Å². The number of aromatic nitrogens is 1. The van der Waals surface area contributed by atoms with Crippen molar-refractivity contribution in [1.82, 2.24) is 4.98 Å². The van der Waals surface area contributed by atoms with Gasteiger partial charge in [0.05, 0.1) is 11.2 Å². The Morgan fingerprint density at radius 3 is 2.39 bits per heavy atom. The van der Waals surface area contributed by atoms with Gasteiger partial charge in [0.2, 0.25) is 0 Å². The van der Waals surface area contributed by atoms with Gasteiger partial charge in [-0.1, -0.05) is 42.5 Å². The molecule has 0 saturated heterocycles. The molecule has 18 heavy (non-hydrogen) atoms. The molecule has 0 aliphatic rings. The number of fused-ring (bicyclic) bond motifs is 1. The van der Waals surface area contributed by atoms with E-state index in [1.165, 1.54) is 22.1 Å². The molecule has 0 radical (unpaired) electrons. The Morgan fingerprint density at radius 2 is 1.61 bits per heavy atom. The topological polar surface area (TPSA) is 12.9 Å². The van der Waals surface area contributed by atoms with Crippen molar-refractivity contribution in [3.63, 3.8) is 0 Å². The molecule has 0 aliphatic carbocycles. The van der Waals surface area contributed by atoms with Gasteiger partial charge >= 0.3 is 0 Å². The summed E-state index contributed by atoms with van der Waals surface area (Å²) in [6.07, 6.45) is 0. The predicted molar refractivity (Wildman–Crippen MR) is 76.7 cm³/mol. The van der Waals surface area contributed by atoms with Crippen LogP contribution in [0.5, 0.6) is 0 Å². The molecule has 1 heteroatoms. The summed E-state index contributed by atoms with van der Waals surface area (Å²) in [6.45, 7) is 4.25. The summed E-state index contributed by atoms with van der Waals surface area (Å²) in [4.78, 5) is 4.77. The second kappa shape index (κ2) is 4.26. The van der Waals surface area contributed by atoms with Gasteiger partial charge in [0.15, 0.2) is 0 Å². The third kappa shape index (κ3) is 1.88. The number of benzene rings is 2. The van der Waals surface area contributed by atoms with Crippen molar-refractivity contribution in [3.8, 4) is 11.3 Å². The quantitative estimate of drug-likeness (QED) is 0.602. The first-order chi connectivity index (χ1) is 8.74. The molecule has 3 rings (SSSR count). The lowest BCUT2D eigenvalue weighted by Gasteiger charge is -2.06. The summed E-state index contributed by atoms with van der Waals surface area (Å²) < 4.78 is 0. The Labute approximate surface area is 107 Å². The molecule has 1 nitrogen and oxygen atoms in total. The SMILES string of the molecule is Cc1cc(C)c2ccc(-c3ccccc3)nc2c1. The van der Waals surface area contributed by atoms with Crippen LogP contribution in [-0.2, 0) is 0 Å². The molecular formula is C17H15N. The fourth-order valence-corrected chi connectivity index (χ4v) is 2.36. The average molecular weight is 233 g/mol. The van der Waals surface area contributed by atoms with Gasteiger partial charge in [0, 0.05) is 10.9 Å². The van der Waals surface area contributed by atoms with Gasteiger partial charge in [-0.15, -0.1) is 0 Å². The first-order valence-electron chi connectivity index (χ1n) is 6.17. The minimum atomic E-state index is 1.04. The lowest BCUT2D eigenvalue weighted by Crippen LogP contribution is -1.88. The van der Waals surface area contributed by atoms with Crippen LogP contribution in [0.2, 0.25) is 0 Å². The molecule has 0 unspecified atom stereocenters. The summed E-state index contributed by atoms with van der Waals surface area (Å²) in [6, 6.07) is 18.9. The Hall–Kier alpha value is -2.15. The summed E-state index contributed by atoms with van der Waals surface area (Å²) >= 11 is 0. The van der Waals surface area contributed by atoms with Crippen molar-refractivity contribution >= 4 is 10.9 Å². The Kier molecular flexibility index (Phi) is 2.60. The average Bonchev–Trinajstić information content (AvgIpc) is 2.39. The summed E-state index contributed by atoms with van der Waals surface area (Å²) in [5, 5.41) is 1.24. The van der Waals surface area contributed by atoms with Crippen LogP contribution in [0.4, 0.5) is 0 Å². The van der Waals surface area contributed by atoms with Gasteiger partial charge in [-0.25, -0.2) is 4.98 Å². The zero-order valence-electron chi connectivity index (χ0n) is 10.6. The zero-order chi connectivity index (χ0) is 12.5. The molecule has 0 amide bonds. The number of rotatable bonds is 1. The highest BCUT2D eigenvalue weighted by atomic mass is 14.7. The molecular weight excluding hydrogens is 218 g/mol. The maximum absolute atomic E-state index is 4.77. The second-order valence-corrected chi connectivity index (χ2v) is 4.71. The van der Waals surface area contributed by atoms with Gasteiger partial charge in [0.25, 0.3) is 0 Å². The van der Waals surface area contributed by atoms with E-state index in [9.17, 15) is 0 Å². The van der Waals surface area contributed by atoms with E-state index in [1.54, 1.807) is 0 Å². The fourth-order valence-electron chi connectivity index (χ4n) is 2.36. The Balaban J connectivity index is 2.23. The van der Waals surface area contributed by atoms with Crippen molar-refractivity contribution in [1.29, 1.82) is 0 Å². The predicted octanol–water partition coefficient (Wildman–Crippen LogP) is 4.52. The molecule has 0 fully saturated rings. The minimum Gasteiger partial charge on any atom is -0.248 e. The van der Waals surface area contributed by atoms with Crippen molar-refractivity contribution in [2.45, 2.75) is 13.8 Å². The molecule has 3 aromatic rings. The fraction of sp³-hybridized carbons (Fsp3) is 0.118. The van der Waals surface area contributed by atoms with E-state index >= 15 is 0 Å². The van der Waals surface area contributed by atoms with E-state index in [0.29, 0.717) is 0 Å². The summed E-state index contributed by atoms with van der Waals surface area (Å²) in [5.74, 6) is 0. The van der Waals surface area contributed by atoms with Crippen LogP contribution < -0.4 is 0 Å². The molecule has 0 spiro atoms. The number of hydrogen-bond donors (Lipinski definition) is 0. The normalized spacial score (nSPS) is 10.8. The third-order valence-electron chi connectivity index (χ3n) is 3.23. The lowest BCUT2D eigenvalue weighted by atomic mass is 10.0. The van der Waals surface area contributed by atoms with Crippen LogP contribution in [0, 0.1) is 13.8 Å². The van der Waals surface area contributed by atoms with Crippen LogP contribution >= 0.6 is 0 Å². The zero-order valence-corrected chi connectivity index (χ0v) is 10.6. The summed E-state index contributed by atoms with van der Waals surface area (Å²) in [5.41, 5.74) is 5.83. The molecule has 0 saturated carbocycles. The smallest absolute Gasteiger partial charge is 0.0714 e. The molecule has 0 atom stereocenters. The monoisotopic (exact) mass is 233 g/mol. The minimum absolute atomic E-state index is 1.04. The largest absolute Gasteiger partial charge is 0.248 e. The number of aryl methyl sites for hydroxylation is 2. The first kappa shape index (κ1) is 11.0. The molecule has 0 aliphatic heterocycles. The van der Waals surface area contributed by atoms with E-state index < -0.39 is 0 Å². The Morgan fingerprint density at radius 1 is 0.833 bits per heavy atom. The Bertz CT molecular complexity index is 699. The lowest BCUT2D eigenvalue weighted by molar-refractivity contribution is 1.35. The van der Waals surface area contributed by atoms with E-state index in [-0.39, 0.29) is 0 Å². The molecule has 1 aromatic heterocycles. The highest BCUT2D eigenvalue weighted by molar-refractivity contribution is 5.85. The number of nitrogens with zero attached hydrogens (tertiary/aromatic N) is 1. The standard InChI is InChI=1S/C17H15N/c1-12-10-13(2)15-8-9-16(18-17(15)11-12)14-6-4-3-5-7-14/h3-11H,1-2H3. The molecule has 0 N–H and O–H groups in total. The van der Waals surface area contributed by atoms with E-state index in [2.05, 4.69) is 50.2 Å². The van der Waals surface area contributed by atoms with Crippen molar-refractivity contribution in [2.24, 2.45) is 0 Å². The number of hydrogen-bond acceptors (Lipinski definition) is 1. The van der Waals surface area contributed by atoms with Crippen LogP contribution in [0.3, 0.4) is 0 Å². The highest BCUT2D eigenvalue weighted by Gasteiger charge is 2.03. The van der Waals surface area contributed by atoms with Crippen LogP contribution in [0.1, 0.15) is 11.1 Å². The summed E-state index contributed by atoms with van der Waals surface area (Å²) in [7, 11) is 0.